The van der Waals surface area contributed by atoms with E-state index in [0.717, 1.165) is 6.20 Å². The Labute approximate surface area is 159 Å². The fourth-order valence-electron chi connectivity index (χ4n) is 2.55. The van der Waals surface area contributed by atoms with Gasteiger partial charge in [0.05, 0.1) is 24.5 Å². The number of esters is 1. The third-order valence-electron chi connectivity index (χ3n) is 3.75. The Morgan fingerprint density at radius 3 is 2.32 bits per heavy atom. The molecule has 0 spiro atoms. The molecule has 0 saturated heterocycles. The van der Waals surface area contributed by atoms with Crippen molar-refractivity contribution in [3.05, 3.63) is 35.0 Å². The molecule has 0 amide bonds. The summed E-state index contributed by atoms with van der Waals surface area (Å²) in [5.41, 5.74) is -2.13. The van der Waals surface area contributed by atoms with Gasteiger partial charge in [-0.2, -0.15) is 18.3 Å². The van der Waals surface area contributed by atoms with Gasteiger partial charge in [-0.05, 0) is 34.1 Å². The molecule has 154 valence electrons. The summed E-state index contributed by atoms with van der Waals surface area (Å²) < 4.78 is 65.5. The highest BCUT2D eigenvalue weighted by molar-refractivity contribution is 5.89. The van der Waals surface area contributed by atoms with Gasteiger partial charge in [-0.25, -0.2) is 13.9 Å². The Morgan fingerprint density at radius 2 is 1.82 bits per heavy atom. The quantitative estimate of drug-likeness (QED) is 0.534. The van der Waals surface area contributed by atoms with Crippen LogP contribution >= 0.6 is 0 Å². The number of hydrogen-bond acceptors (Lipinski definition) is 5. The molecular formula is C18H21F4N3O3. The van der Waals surface area contributed by atoms with Crippen LogP contribution in [0.1, 0.15) is 56.2 Å². The van der Waals surface area contributed by atoms with Gasteiger partial charge in [0, 0.05) is 5.56 Å². The van der Waals surface area contributed by atoms with Gasteiger partial charge in [0.2, 0.25) is 5.88 Å². The van der Waals surface area contributed by atoms with Crippen molar-refractivity contribution < 1.29 is 31.8 Å². The molecular weight excluding hydrogens is 382 g/mol. The summed E-state index contributed by atoms with van der Waals surface area (Å²) in [7, 11) is 0. The maximum atomic E-state index is 13.8. The number of rotatable bonds is 5. The molecule has 0 aliphatic rings. The molecule has 6 nitrogen and oxygen atoms in total. The number of nitrogens with zero attached hydrogens (tertiary/aromatic N) is 3. The first-order valence-electron chi connectivity index (χ1n) is 8.59. The lowest BCUT2D eigenvalue weighted by molar-refractivity contribution is -0.141. The van der Waals surface area contributed by atoms with Crippen LogP contribution in [0, 0.1) is 5.82 Å². The van der Waals surface area contributed by atoms with Gasteiger partial charge in [-0.3, -0.25) is 4.98 Å². The summed E-state index contributed by atoms with van der Waals surface area (Å²) in [5, 5.41) is 4.20. The summed E-state index contributed by atoms with van der Waals surface area (Å²) in [6.07, 6.45) is -3.54. The Kier molecular flexibility index (Phi) is 6.00. The van der Waals surface area contributed by atoms with Crippen LogP contribution in [0.4, 0.5) is 17.6 Å². The lowest BCUT2D eigenvalue weighted by atomic mass is 10.1. The highest BCUT2D eigenvalue weighted by Gasteiger charge is 2.39. The van der Waals surface area contributed by atoms with E-state index >= 15 is 0 Å². The van der Waals surface area contributed by atoms with E-state index in [2.05, 4.69) is 10.1 Å². The predicted molar refractivity (Wildman–Crippen MR) is 91.8 cm³/mol. The fraction of sp³-hybridized carbons (Fsp3) is 0.500. The maximum Gasteiger partial charge on any atom is 0.422 e. The zero-order valence-corrected chi connectivity index (χ0v) is 16.1. The molecule has 2 rings (SSSR count). The van der Waals surface area contributed by atoms with Crippen molar-refractivity contribution in [2.45, 2.75) is 52.8 Å². The number of ether oxygens (including phenoxy) is 2. The second-order valence-electron chi connectivity index (χ2n) is 6.88. The topological polar surface area (TPSA) is 66.2 Å². The normalized spacial score (nSPS) is 12.2. The van der Waals surface area contributed by atoms with E-state index in [1.807, 2.05) is 0 Å². The molecule has 0 atom stereocenters. The van der Waals surface area contributed by atoms with Crippen molar-refractivity contribution >= 4 is 5.97 Å². The SMILES string of the molecule is CCOC(=O)c1nn(C(C)(C)C)c(Oc2cncc(F)c2C(F)(F)F)c1CC. The van der Waals surface area contributed by atoms with Crippen molar-refractivity contribution in [3.63, 3.8) is 0 Å². The zero-order chi connectivity index (χ0) is 21.3. The Balaban J connectivity index is 2.70. The second-order valence-corrected chi connectivity index (χ2v) is 6.88. The van der Waals surface area contributed by atoms with Crippen LogP contribution in [0.5, 0.6) is 11.6 Å². The van der Waals surface area contributed by atoms with E-state index in [1.165, 1.54) is 4.68 Å². The summed E-state index contributed by atoms with van der Waals surface area (Å²) >= 11 is 0. The van der Waals surface area contributed by atoms with Gasteiger partial charge < -0.3 is 9.47 Å². The number of alkyl halides is 3. The van der Waals surface area contributed by atoms with Crippen LogP contribution < -0.4 is 4.74 Å². The Hall–Kier alpha value is -2.65. The molecule has 0 N–H and O–H groups in total. The number of aromatic nitrogens is 3. The number of hydrogen-bond donors (Lipinski definition) is 0. The first kappa shape index (κ1) is 21.6. The van der Waals surface area contributed by atoms with Gasteiger partial charge in [-0.15, -0.1) is 0 Å². The van der Waals surface area contributed by atoms with Crippen LogP contribution in [-0.2, 0) is 22.9 Å². The van der Waals surface area contributed by atoms with Crippen molar-refractivity contribution in [1.29, 1.82) is 0 Å². The van der Waals surface area contributed by atoms with E-state index in [9.17, 15) is 22.4 Å². The summed E-state index contributed by atoms with van der Waals surface area (Å²) in [6.45, 7) is 8.61. The van der Waals surface area contributed by atoms with E-state index in [1.54, 1.807) is 34.6 Å². The average Bonchev–Trinajstić information content (AvgIpc) is 2.92. The van der Waals surface area contributed by atoms with Crippen LogP contribution in [0.25, 0.3) is 0 Å². The molecule has 0 aromatic carbocycles. The molecule has 2 heterocycles. The Morgan fingerprint density at radius 1 is 1.18 bits per heavy atom. The smallest absolute Gasteiger partial charge is 0.422 e. The summed E-state index contributed by atoms with van der Waals surface area (Å²) in [5.74, 6) is -3.20. The molecule has 0 saturated carbocycles. The zero-order valence-electron chi connectivity index (χ0n) is 16.1. The first-order chi connectivity index (χ1) is 12.9. The molecule has 0 unspecified atom stereocenters. The molecule has 10 heteroatoms. The van der Waals surface area contributed by atoms with Crippen molar-refractivity contribution in [1.82, 2.24) is 14.8 Å². The minimum absolute atomic E-state index is 0.0628. The van der Waals surface area contributed by atoms with E-state index < -0.39 is 34.8 Å². The molecule has 28 heavy (non-hydrogen) atoms. The lowest BCUT2D eigenvalue weighted by Gasteiger charge is -2.23. The lowest BCUT2D eigenvalue weighted by Crippen LogP contribution is -2.24. The third kappa shape index (κ3) is 4.26. The van der Waals surface area contributed by atoms with E-state index in [0.29, 0.717) is 6.20 Å². The fourth-order valence-corrected chi connectivity index (χ4v) is 2.55. The van der Waals surface area contributed by atoms with Crippen LogP contribution in [0.3, 0.4) is 0 Å². The second kappa shape index (κ2) is 7.76. The van der Waals surface area contributed by atoms with Gasteiger partial charge in [-0.1, -0.05) is 6.92 Å². The highest BCUT2D eigenvalue weighted by atomic mass is 19.4. The van der Waals surface area contributed by atoms with E-state index in [-0.39, 0.29) is 30.2 Å². The maximum absolute atomic E-state index is 13.8. The first-order valence-corrected chi connectivity index (χ1v) is 8.59. The molecule has 0 aliphatic heterocycles. The molecule has 2 aromatic rings. The van der Waals surface area contributed by atoms with E-state index in [4.69, 9.17) is 9.47 Å². The molecule has 0 fully saturated rings. The van der Waals surface area contributed by atoms with Crippen LogP contribution in [0.2, 0.25) is 0 Å². The van der Waals surface area contributed by atoms with Crippen LogP contribution in [-0.4, -0.2) is 27.3 Å². The van der Waals surface area contributed by atoms with Crippen molar-refractivity contribution in [3.8, 4) is 11.6 Å². The molecule has 0 bridgehead atoms. The average molecular weight is 403 g/mol. The van der Waals surface area contributed by atoms with Gasteiger partial charge in [0.15, 0.2) is 17.3 Å². The van der Waals surface area contributed by atoms with Gasteiger partial charge in [0.25, 0.3) is 0 Å². The summed E-state index contributed by atoms with van der Waals surface area (Å²) in [6, 6.07) is 0. The van der Waals surface area contributed by atoms with Crippen molar-refractivity contribution in [2.24, 2.45) is 0 Å². The summed E-state index contributed by atoms with van der Waals surface area (Å²) in [4.78, 5) is 15.7. The monoisotopic (exact) mass is 403 g/mol. The van der Waals surface area contributed by atoms with Crippen molar-refractivity contribution in [2.75, 3.05) is 6.61 Å². The third-order valence-corrected chi connectivity index (χ3v) is 3.75. The number of pyridine rings is 1. The van der Waals surface area contributed by atoms with Gasteiger partial charge in [0.1, 0.15) is 5.56 Å². The molecule has 0 aliphatic carbocycles. The number of halogens is 4. The molecule has 0 radical (unpaired) electrons. The molecule has 2 aromatic heterocycles. The largest absolute Gasteiger partial charge is 0.461 e. The van der Waals surface area contributed by atoms with Gasteiger partial charge >= 0.3 is 12.1 Å². The van der Waals surface area contributed by atoms with Crippen LogP contribution in [0.15, 0.2) is 12.4 Å². The minimum Gasteiger partial charge on any atom is -0.461 e. The Bertz CT molecular complexity index is 870. The number of carbonyl (C=O) groups excluding carboxylic acids is 1. The highest BCUT2D eigenvalue weighted by Crippen LogP contribution is 2.41. The number of carbonyl (C=O) groups is 1. The minimum atomic E-state index is -4.99. The standard InChI is InChI=1S/C18H21F4N3O3/c1-6-10-14(16(26)27-7-2)24-25(17(3,4)5)15(10)28-12-9-23-8-11(19)13(12)18(20,21)22/h8-9H,6-7H2,1-5H3. The predicted octanol–water partition coefficient (Wildman–Crippen LogP) is 4.72.